The fraction of sp³-hybridized carbons (Fsp3) is 0.800. The van der Waals surface area contributed by atoms with Crippen LogP contribution in [-0.2, 0) is 10.2 Å². The SMILES string of the molecule is NC(=O)O.NS(=O)(=O)N1CCCC1. The van der Waals surface area contributed by atoms with E-state index in [4.69, 9.17) is 15.0 Å². The molecule has 1 saturated heterocycles. The molecule has 1 rings (SSSR count). The Morgan fingerprint density at radius 2 is 1.62 bits per heavy atom. The monoisotopic (exact) mass is 211 g/mol. The predicted molar refractivity (Wildman–Crippen MR) is 46.1 cm³/mol. The summed E-state index contributed by atoms with van der Waals surface area (Å²) in [6, 6.07) is 0. The van der Waals surface area contributed by atoms with Crippen molar-refractivity contribution in [1.82, 2.24) is 4.31 Å². The molecule has 7 nitrogen and oxygen atoms in total. The minimum atomic E-state index is -3.37. The third kappa shape index (κ3) is 6.31. The fourth-order valence-corrected chi connectivity index (χ4v) is 1.71. The van der Waals surface area contributed by atoms with Crippen LogP contribution < -0.4 is 10.9 Å². The van der Waals surface area contributed by atoms with Gasteiger partial charge in [-0.1, -0.05) is 0 Å². The number of carbonyl (C=O) groups is 1. The topological polar surface area (TPSA) is 127 Å². The van der Waals surface area contributed by atoms with Crippen LogP contribution in [0.3, 0.4) is 0 Å². The molecule has 1 amide bonds. The van der Waals surface area contributed by atoms with Crippen molar-refractivity contribution in [2.24, 2.45) is 10.9 Å². The van der Waals surface area contributed by atoms with Gasteiger partial charge < -0.3 is 10.8 Å². The van der Waals surface area contributed by atoms with Gasteiger partial charge in [0.2, 0.25) is 0 Å². The molecule has 8 heteroatoms. The Hall–Kier alpha value is -0.860. The van der Waals surface area contributed by atoms with E-state index < -0.39 is 16.3 Å². The highest BCUT2D eigenvalue weighted by Crippen LogP contribution is 2.08. The normalized spacial score (nSPS) is 17.6. The molecule has 1 fully saturated rings. The molecule has 0 aromatic carbocycles. The van der Waals surface area contributed by atoms with Crippen LogP contribution in [0.25, 0.3) is 0 Å². The standard InChI is InChI=1S/C4H10N2O2S.CH3NO2/c5-9(7,8)6-3-1-2-4-6;2-1(3)4/h1-4H2,(H2,5,7,8);2H2,(H,3,4). The van der Waals surface area contributed by atoms with Crippen LogP contribution >= 0.6 is 0 Å². The lowest BCUT2D eigenvalue weighted by molar-refractivity contribution is 0.205. The van der Waals surface area contributed by atoms with Crippen molar-refractivity contribution >= 4 is 16.3 Å². The lowest BCUT2D eigenvalue weighted by Crippen LogP contribution is -2.33. The van der Waals surface area contributed by atoms with Gasteiger partial charge in [0.15, 0.2) is 0 Å². The average Bonchev–Trinajstić information content (AvgIpc) is 2.31. The van der Waals surface area contributed by atoms with E-state index in [1.165, 1.54) is 4.31 Å². The third-order valence-corrected chi connectivity index (χ3v) is 2.51. The Balaban J connectivity index is 0.000000310. The highest BCUT2D eigenvalue weighted by atomic mass is 32.2. The first-order valence-corrected chi connectivity index (χ1v) is 5.10. The van der Waals surface area contributed by atoms with E-state index in [9.17, 15) is 8.42 Å². The summed E-state index contributed by atoms with van der Waals surface area (Å²) in [6.45, 7) is 1.19. The molecule has 1 aliphatic heterocycles. The van der Waals surface area contributed by atoms with E-state index in [2.05, 4.69) is 5.73 Å². The van der Waals surface area contributed by atoms with Crippen LogP contribution in [-0.4, -0.2) is 37.0 Å². The summed E-state index contributed by atoms with van der Waals surface area (Å²) in [7, 11) is -3.37. The average molecular weight is 211 g/mol. The zero-order valence-electron chi connectivity index (χ0n) is 7.01. The van der Waals surface area contributed by atoms with Gasteiger partial charge in [-0.3, -0.25) is 0 Å². The summed E-state index contributed by atoms with van der Waals surface area (Å²) < 4.78 is 22.4. The molecular weight excluding hydrogens is 198 g/mol. The minimum absolute atomic E-state index is 0.596. The number of carboxylic acid groups (broad SMARTS) is 1. The third-order valence-electron chi connectivity index (χ3n) is 1.42. The van der Waals surface area contributed by atoms with E-state index in [0.29, 0.717) is 13.1 Å². The maximum absolute atomic E-state index is 10.5. The molecule has 0 unspecified atom stereocenters. The summed E-state index contributed by atoms with van der Waals surface area (Å²) in [5.41, 5.74) is 4.03. The largest absolute Gasteiger partial charge is 0.465 e. The van der Waals surface area contributed by atoms with Gasteiger partial charge in [-0.05, 0) is 12.8 Å². The van der Waals surface area contributed by atoms with Crippen molar-refractivity contribution in [2.75, 3.05) is 13.1 Å². The van der Waals surface area contributed by atoms with Crippen LogP contribution in [0.2, 0.25) is 0 Å². The number of primary amides is 1. The van der Waals surface area contributed by atoms with Gasteiger partial charge in [-0.15, -0.1) is 0 Å². The minimum Gasteiger partial charge on any atom is -0.465 e. The van der Waals surface area contributed by atoms with E-state index >= 15 is 0 Å². The van der Waals surface area contributed by atoms with Crippen molar-refractivity contribution in [3.63, 3.8) is 0 Å². The highest BCUT2D eigenvalue weighted by Gasteiger charge is 2.20. The lowest BCUT2D eigenvalue weighted by atomic mass is 10.4. The van der Waals surface area contributed by atoms with Crippen LogP contribution in [0.5, 0.6) is 0 Å². The van der Waals surface area contributed by atoms with Crippen LogP contribution in [0.4, 0.5) is 4.79 Å². The Bertz CT molecular complexity index is 253. The number of rotatable bonds is 1. The molecule has 0 atom stereocenters. The first-order chi connectivity index (χ1) is 5.84. The molecule has 0 radical (unpaired) electrons. The van der Waals surface area contributed by atoms with Crippen molar-refractivity contribution < 1.29 is 18.3 Å². The summed E-state index contributed by atoms with van der Waals surface area (Å²) in [5, 5.41) is 12.0. The van der Waals surface area contributed by atoms with Gasteiger partial charge >= 0.3 is 6.09 Å². The maximum Gasteiger partial charge on any atom is 0.402 e. The molecule has 1 aliphatic rings. The van der Waals surface area contributed by atoms with E-state index in [-0.39, 0.29) is 0 Å². The molecule has 1 heterocycles. The second kappa shape index (κ2) is 5.00. The van der Waals surface area contributed by atoms with Gasteiger partial charge in [0.25, 0.3) is 10.2 Å². The van der Waals surface area contributed by atoms with Gasteiger partial charge in [-0.2, -0.15) is 12.7 Å². The smallest absolute Gasteiger partial charge is 0.402 e. The Morgan fingerprint density at radius 3 is 1.77 bits per heavy atom. The molecule has 0 aliphatic carbocycles. The first-order valence-electron chi connectivity index (χ1n) is 3.60. The van der Waals surface area contributed by atoms with Crippen molar-refractivity contribution in [2.45, 2.75) is 12.8 Å². The van der Waals surface area contributed by atoms with Crippen LogP contribution in [0, 0.1) is 0 Å². The fourth-order valence-electron chi connectivity index (χ4n) is 0.943. The quantitative estimate of drug-likeness (QED) is 0.509. The number of nitrogens with zero attached hydrogens (tertiary/aromatic N) is 1. The molecule has 5 N–H and O–H groups in total. The van der Waals surface area contributed by atoms with Gasteiger partial charge in [0, 0.05) is 13.1 Å². The van der Waals surface area contributed by atoms with Gasteiger partial charge in [-0.25, -0.2) is 9.93 Å². The predicted octanol–water partition coefficient (Wildman–Crippen LogP) is -1.09. The zero-order chi connectivity index (χ0) is 10.5. The maximum atomic E-state index is 10.5. The van der Waals surface area contributed by atoms with E-state index in [1.54, 1.807) is 0 Å². The second-order valence-electron chi connectivity index (χ2n) is 2.49. The lowest BCUT2D eigenvalue weighted by Gasteiger charge is -2.09. The Kier molecular flexibility index (Phi) is 4.67. The van der Waals surface area contributed by atoms with E-state index in [1.807, 2.05) is 0 Å². The summed E-state index contributed by atoms with van der Waals surface area (Å²) in [5.74, 6) is 0. The van der Waals surface area contributed by atoms with Gasteiger partial charge in [0.05, 0.1) is 0 Å². The first kappa shape index (κ1) is 12.1. The Labute approximate surface area is 76.5 Å². The van der Waals surface area contributed by atoms with Crippen molar-refractivity contribution in [3.05, 3.63) is 0 Å². The number of hydrogen-bond acceptors (Lipinski definition) is 3. The summed E-state index contributed by atoms with van der Waals surface area (Å²) in [6.07, 6.45) is 0.548. The summed E-state index contributed by atoms with van der Waals surface area (Å²) in [4.78, 5) is 8.78. The zero-order valence-corrected chi connectivity index (χ0v) is 7.83. The van der Waals surface area contributed by atoms with Crippen LogP contribution in [0.15, 0.2) is 0 Å². The molecule has 0 bridgehead atoms. The molecular formula is C5H13N3O4S. The molecule has 78 valence electrons. The molecule has 13 heavy (non-hydrogen) atoms. The molecule has 0 saturated carbocycles. The van der Waals surface area contributed by atoms with Crippen molar-refractivity contribution in [3.8, 4) is 0 Å². The second-order valence-corrected chi connectivity index (χ2v) is 4.04. The number of nitrogens with two attached hydrogens (primary N) is 2. The summed E-state index contributed by atoms with van der Waals surface area (Å²) >= 11 is 0. The molecule has 0 aromatic heterocycles. The number of amides is 1. The Morgan fingerprint density at radius 1 is 1.31 bits per heavy atom. The van der Waals surface area contributed by atoms with Gasteiger partial charge in [0.1, 0.15) is 0 Å². The highest BCUT2D eigenvalue weighted by molar-refractivity contribution is 7.86. The number of hydrogen-bond donors (Lipinski definition) is 3. The molecule has 0 aromatic rings. The van der Waals surface area contributed by atoms with E-state index in [0.717, 1.165) is 12.8 Å². The van der Waals surface area contributed by atoms with Crippen LogP contribution in [0.1, 0.15) is 12.8 Å². The molecule has 0 spiro atoms. The van der Waals surface area contributed by atoms with Crippen molar-refractivity contribution in [1.29, 1.82) is 0 Å².